The van der Waals surface area contributed by atoms with Crippen LogP contribution in [-0.4, -0.2) is 43.9 Å². The average molecular weight is 426 g/mol. The van der Waals surface area contributed by atoms with E-state index in [1.54, 1.807) is 37.4 Å². The molecule has 2 aromatic carbocycles. The Morgan fingerprint density at radius 1 is 1.13 bits per heavy atom. The van der Waals surface area contributed by atoms with E-state index in [2.05, 4.69) is 10.5 Å². The highest BCUT2D eigenvalue weighted by atomic mass is 32.2. The van der Waals surface area contributed by atoms with Gasteiger partial charge in [-0.05, 0) is 18.6 Å². The number of amides is 1. The van der Waals surface area contributed by atoms with E-state index >= 15 is 0 Å². The summed E-state index contributed by atoms with van der Waals surface area (Å²) in [5.41, 5.74) is 0.690. The molecule has 1 aliphatic heterocycles. The van der Waals surface area contributed by atoms with Crippen molar-refractivity contribution in [3.8, 4) is 11.3 Å². The van der Waals surface area contributed by atoms with Gasteiger partial charge in [-0.3, -0.25) is 4.79 Å². The normalized spacial score (nSPS) is 19.6. The van der Waals surface area contributed by atoms with Crippen LogP contribution < -0.4 is 5.32 Å². The molecule has 1 atom stereocenters. The third-order valence-corrected chi connectivity index (χ3v) is 7.41. The summed E-state index contributed by atoms with van der Waals surface area (Å²) in [6.45, 7) is 0.357. The largest absolute Gasteiger partial charge is 0.361 e. The lowest BCUT2D eigenvalue weighted by molar-refractivity contribution is -0.129. The molecule has 0 spiro atoms. The number of hydrogen-bond donors (Lipinski definition) is 1. The van der Waals surface area contributed by atoms with E-state index in [-0.39, 0.29) is 30.3 Å². The number of carbonyl (C=O) groups excluding carboxylic acids is 1. The van der Waals surface area contributed by atoms with Crippen molar-refractivity contribution in [1.82, 2.24) is 14.8 Å². The summed E-state index contributed by atoms with van der Waals surface area (Å²) in [4.78, 5) is 13.1. The van der Waals surface area contributed by atoms with Gasteiger partial charge < -0.3 is 9.84 Å². The van der Waals surface area contributed by atoms with Crippen LogP contribution in [0.4, 0.5) is 0 Å². The zero-order valence-electron chi connectivity index (χ0n) is 16.6. The lowest BCUT2D eigenvalue weighted by Crippen LogP contribution is -2.44. The predicted molar refractivity (Wildman–Crippen MR) is 112 cm³/mol. The van der Waals surface area contributed by atoms with Crippen LogP contribution >= 0.6 is 0 Å². The first-order chi connectivity index (χ1) is 14.4. The molecule has 0 bridgehead atoms. The fourth-order valence-electron chi connectivity index (χ4n) is 3.93. The van der Waals surface area contributed by atoms with Crippen LogP contribution in [0, 0.1) is 5.41 Å². The Labute approximate surface area is 175 Å². The van der Waals surface area contributed by atoms with Gasteiger partial charge in [0.25, 0.3) is 0 Å². The van der Waals surface area contributed by atoms with E-state index in [0.717, 1.165) is 5.56 Å². The number of benzene rings is 2. The first-order valence-corrected chi connectivity index (χ1v) is 11.2. The van der Waals surface area contributed by atoms with Gasteiger partial charge in [-0.25, -0.2) is 8.42 Å². The van der Waals surface area contributed by atoms with Gasteiger partial charge in [-0.15, -0.1) is 0 Å². The van der Waals surface area contributed by atoms with E-state index in [9.17, 15) is 13.2 Å². The van der Waals surface area contributed by atoms with Gasteiger partial charge in [-0.1, -0.05) is 53.7 Å². The molecule has 1 aromatic heterocycles. The van der Waals surface area contributed by atoms with Crippen molar-refractivity contribution in [2.75, 3.05) is 20.1 Å². The maximum absolute atomic E-state index is 13.0. The third kappa shape index (κ3) is 3.76. The second kappa shape index (κ2) is 8.04. The Kier molecular flexibility index (Phi) is 5.44. The van der Waals surface area contributed by atoms with Crippen LogP contribution in [0.2, 0.25) is 0 Å². The number of hydrogen-bond acceptors (Lipinski definition) is 5. The minimum atomic E-state index is -3.67. The Balaban J connectivity index is 1.60. The fourth-order valence-corrected chi connectivity index (χ4v) is 5.48. The highest BCUT2D eigenvalue weighted by Crippen LogP contribution is 2.38. The monoisotopic (exact) mass is 425 g/mol. The second-order valence-electron chi connectivity index (χ2n) is 7.48. The number of nitrogens with zero attached hydrogens (tertiary/aromatic N) is 2. The maximum atomic E-state index is 13.0. The van der Waals surface area contributed by atoms with Crippen molar-refractivity contribution in [3.05, 3.63) is 72.5 Å². The van der Waals surface area contributed by atoms with E-state index < -0.39 is 15.4 Å². The third-order valence-electron chi connectivity index (χ3n) is 5.55. The van der Waals surface area contributed by atoms with Gasteiger partial charge >= 0.3 is 0 Å². The van der Waals surface area contributed by atoms with E-state index in [4.69, 9.17) is 4.52 Å². The molecule has 0 radical (unpaired) electrons. The molecule has 0 aliphatic carbocycles. The minimum Gasteiger partial charge on any atom is -0.361 e. The molecule has 1 amide bonds. The SMILES string of the molecule is CNC(=O)[C@]1(Cc2cc(-c3ccccc3)no2)CCN(S(=O)(=O)c2ccccc2)C1. The van der Waals surface area contributed by atoms with Gasteiger partial charge in [0.1, 0.15) is 11.5 Å². The highest BCUT2D eigenvalue weighted by Gasteiger charge is 2.48. The average Bonchev–Trinajstić information content (AvgIpc) is 3.43. The van der Waals surface area contributed by atoms with Gasteiger partial charge in [0, 0.05) is 38.2 Å². The Morgan fingerprint density at radius 3 is 2.47 bits per heavy atom. The first kappa shape index (κ1) is 20.3. The molecule has 1 fully saturated rings. The standard InChI is InChI=1S/C22H23N3O4S/c1-23-21(26)22(15-18-14-20(24-29-18)17-8-4-2-5-9-17)12-13-25(16-22)30(27,28)19-10-6-3-7-11-19/h2-11,14H,12-13,15-16H2,1H3,(H,23,26)/t22-/m0/s1. The van der Waals surface area contributed by atoms with Crippen molar-refractivity contribution in [2.24, 2.45) is 5.41 Å². The van der Waals surface area contributed by atoms with E-state index in [1.807, 2.05) is 36.4 Å². The van der Waals surface area contributed by atoms with E-state index in [0.29, 0.717) is 17.9 Å². The van der Waals surface area contributed by atoms with Crippen molar-refractivity contribution in [1.29, 1.82) is 0 Å². The van der Waals surface area contributed by atoms with Crippen LogP contribution in [0.1, 0.15) is 12.2 Å². The summed E-state index contributed by atoms with van der Waals surface area (Å²) in [6.07, 6.45) is 0.674. The zero-order chi connectivity index (χ0) is 21.2. The predicted octanol–water partition coefficient (Wildman–Crippen LogP) is 2.71. The number of carbonyl (C=O) groups is 1. The first-order valence-electron chi connectivity index (χ1n) is 9.73. The number of sulfonamides is 1. The number of rotatable bonds is 6. The Bertz CT molecular complexity index is 1130. The fraction of sp³-hybridized carbons (Fsp3) is 0.273. The Hall–Kier alpha value is -2.97. The quantitative estimate of drug-likeness (QED) is 0.656. The van der Waals surface area contributed by atoms with Crippen molar-refractivity contribution < 1.29 is 17.7 Å². The molecule has 1 N–H and O–H groups in total. The van der Waals surface area contributed by atoms with Crippen molar-refractivity contribution in [3.63, 3.8) is 0 Å². The highest BCUT2D eigenvalue weighted by molar-refractivity contribution is 7.89. The molecule has 4 rings (SSSR count). The summed E-state index contributed by atoms with van der Waals surface area (Å²) in [5, 5.41) is 6.82. The van der Waals surface area contributed by atoms with Crippen molar-refractivity contribution in [2.45, 2.75) is 17.7 Å². The lowest BCUT2D eigenvalue weighted by Gasteiger charge is -2.26. The molecule has 1 aliphatic rings. The van der Waals surface area contributed by atoms with Crippen LogP contribution in [0.25, 0.3) is 11.3 Å². The molecule has 0 saturated carbocycles. The Morgan fingerprint density at radius 2 is 1.80 bits per heavy atom. The van der Waals surface area contributed by atoms with Gasteiger partial charge in [-0.2, -0.15) is 4.31 Å². The van der Waals surface area contributed by atoms with Crippen LogP contribution in [0.3, 0.4) is 0 Å². The number of nitrogens with one attached hydrogen (secondary N) is 1. The van der Waals surface area contributed by atoms with E-state index in [1.165, 1.54) is 4.31 Å². The lowest BCUT2D eigenvalue weighted by atomic mass is 9.81. The molecule has 3 aromatic rings. The number of aromatic nitrogens is 1. The minimum absolute atomic E-state index is 0.0886. The molecule has 1 saturated heterocycles. The van der Waals surface area contributed by atoms with Crippen LogP contribution in [0.15, 0.2) is 76.1 Å². The zero-order valence-corrected chi connectivity index (χ0v) is 17.4. The van der Waals surface area contributed by atoms with Crippen molar-refractivity contribution >= 4 is 15.9 Å². The summed E-state index contributed by atoms with van der Waals surface area (Å²) >= 11 is 0. The molecule has 0 unspecified atom stereocenters. The second-order valence-corrected chi connectivity index (χ2v) is 9.42. The summed E-state index contributed by atoms with van der Waals surface area (Å²) < 4.78 is 33.0. The van der Waals surface area contributed by atoms with Crippen LogP contribution in [0.5, 0.6) is 0 Å². The molecule has 2 heterocycles. The molecular formula is C22H23N3O4S. The molecular weight excluding hydrogens is 402 g/mol. The maximum Gasteiger partial charge on any atom is 0.243 e. The molecule has 156 valence electrons. The summed E-state index contributed by atoms with van der Waals surface area (Å²) in [5.74, 6) is 0.349. The molecule has 8 heteroatoms. The van der Waals surface area contributed by atoms with Gasteiger partial charge in [0.05, 0.1) is 10.3 Å². The smallest absolute Gasteiger partial charge is 0.243 e. The molecule has 7 nitrogen and oxygen atoms in total. The van der Waals surface area contributed by atoms with Crippen LogP contribution in [-0.2, 0) is 21.2 Å². The molecule has 30 heavy (non-hydrogen) atoms. The summed E-state index contributed by atoms with van der Waals surface area (Å²) in [7, 11) is -2.11. The topological polar surface area (TPSA) is 92.5 Å². The van der Waals surface area contributed by atoms with Gasteiger partial charge in [0.15, 0.2) is 0 Å². The summed E-state index contributed by atoms with van der Waals surface area (Å²) in [6, 6.07) is 19.7. The van der Waals surface area contributed by atoms with Gasteiger partial charge in [0.2, 0.25) is 15.9 Å².